The molecule has 1 amide bonds. The molecule has 1 aromatic heterocycles. The van der Waals surface area contributed by atoms with Crippen LogP contribution in [-0.4, -0.2) is 69.5 Å². The van der Waals surface area contributed by atoms with Crippen LogP contribution in [-0.2, 0) is 30.0 Å². The third-order valence-electron chi connectivity index (χ3n) is 6.66. The van der Waals surface area contributed by atoms with E-state index in [9.17, 15) is 14.7 Å². The van der Waals surface area contributed by atoms with Crippen molar-refractivity contribution in [3.63, 3.8) is 0 Å². The second kappa shape index (κ2) is 8.91. The van der Waals surface area contributed by atoms with E-state index in [0.717, 1.165) is 48.9 Å². The van der Waals surface area contributed by atoms with Crippen LogP contribution < -0.4 is 11.0 Å². The first-order valence-corrected chi connectivity index (χ1v) is 10.9. The topological polar surface area (TPSA) is 88.7 Å². The fraction of sp³-hybridized carbons (Fsp3) is 0.636. The maximum Gasteiger partial charge on any atom is 0.328 e. The zero-order chi connectivity index (χ0) is 21.3. The van der Waals surface area contributed by atoms with Crippen molar-refractivity contribution in [1.82, 2.24) is 19.4 Å². The van der Waals surface area contributed by atoms with E-state index in [2.05, 4.69) is 10.2 Å². The first kappa shape index (κ1) is 21.1. The van der Waals surface area contributed by atoms with Crippen LogP contribution in [0.15, 0.2) is 23.0 Å². The average molecular weight is 417 g/mol. The van der Waals surface area contributed by atoms with Crippen molar-refractivity contribution >= 4 is 16.9 Å². The molecule has 3 atom stereocenters. The number of fused-ring (bicyclic) bond motifs is 1. The maximum absolute atomic E-state index is 12.6. The highest BCUT2D eigenvalue weighted by Gasteiger charge is 2.36. The highest BCUT2D eigenvalue weighted by atomic mass is 16.5. The van der Waals surface area contributed by atoms with Crippen LogP contribution >= 0.6 is 0 Å². The Morgan fingerprint density at radius 2 is 1.90 bits per heavy atom. The summed E-state index contributed by atoms with van der Waals surface area (Å²) >= 11 is 0. The molecular formula is C22H32N4O4. The van der Waals surface area contributed by atoms with Gasteiger partial charge in [0, 0.05) is 39.6 Å². The number of nitrogens with zero attached hydrogens (tertiary/aromatic N) is 3. The first-order chi connectivity index (χ1) is 14.5. The lowest BCUT2D eigenvalue weighted by Gasteiger charge is -2.43. The van der Waals surface area contributed by atoms with Crippen molar-refractivity contribution in [2.45, 2.75) is 50.3 Å². The van der Waals surface area contributed by atoms with Gasteiger partial charge in [-0.25, -0.2) is 4.79 Å². The first-order valence-electron chi connectivity index (χ1n) is 10.9. The van der Waals surface area contributed by atoms with E-state index < -0.39 is 6.10 Å². The van der Waals surface area contributed by atoms with Gasteiger partial charge < -0.3 is 15.2 Å². The number of aryl methyl sites for hydroxylation is 3. The van der Waals surface area contributed by atoms with Gasteiger partial charge in [-0.2, -0.15) is 0 Å². The Bertz CT molecular complexity index is 960. The summed E-state index contributed by atoms with van der Waals surface area (Å²) < 4.78 is 8.67. The third-order valence-corrected chi connectivity index (χ3v) is 6.66. The summed E-state index contributed by atoms with van der Waals surface area (Å²) in [7, 11) is 3.52. The van der Waals surface area contributed by atoms with Gasteiger partial charge >= 0.3 is 5.69 Å². The van der Waals surface area contributed by atoms with E-state index in [1.54, 1.807) is 23.2 Å². The van der Waals surface area contributed by atoms with Gasteiger partial charge in [0.15, 0.2) is 0 Å². The molecule has 2 aromatic rings. The summed E-state index contributed by atoms with van der Waals surface area (Å²) in [6, 6.07) is 5.78. The smallest absolute Gasteiger partial charge is 0.328 e. The van der Waals surface area contributed by atoms with Crippen LogP contribution in [0.4, 0.5) is 0 Å². The molecule has 2 aliphatic rings. The molecule has 2 fully saturated rings. The molecule has 1 saturated heterocycles. The Labute approximate surface area is 176 Å². The molecule has 8 nitrogen and oxygen atoms in total. The van der Waals surface area contributed by atoms with Gasteiger partial charge in [-0.1, -0.05) is 6.07 Å². The van der Waals surface area contributed by atoms with Gasteiger partial charge in [-0.3, -0.25) is 18.8 Å². The minimum Gasteiger partial charge on any atom is -0.389 e. The monoisotopic (exact) mass is 416 g/mol. The fourth-order valence-corrected chi connectivity index (χ4v) is 4.87. The lowest BCUT2D eigenvalue weighted by atomic mass is 9.86. The van der Waals surface area contributed by atoms with Crippen molar-refractivity contribution < 1.29 is 14.6 Å². The lowest BCUT2D eigenvalue weighted by molar-refractivity contribution is -0.124. The molecular weight excluding hydrogens is 384 g/mol. The Kier molecular flexibility index (Phi) is 6.26. The minimum absolute atomic E-state index is 0.0382. The number of ether oxygens (including phenoxy) is 1. The summed E-state index contributed by atoms with van der Waals surface area (Å²) in [4.78, 5) is 27.0. The maximum atomic E-state index is 12.6. The predicted molar refractivity (Wildman–Crippen MR) is 114 cm³/mol. The van der Waals surface area contributed by atoms with E-state index in [0.29, 0.717) is 26.1 Å². The van der Waals surface area contributed by atoms with Crippen LogP contribution in [0.5, 0.6) is 0 Å². The molecule has 1 aromatic carbocycles. The van der Waals surface area contributed by atoms with Crippen LogP contribution in [0.2, 0.25) is 0 Å². The molecule has 30 heavy (non-hydrogen) atoms. The van der Waals surface area contributed by atoms with Gasteiger partial charge in [0.05, 0.1) is 36.4 Å². The quantitative estimate of drug-likeness (QED) is 0.743. The second-order valence-corrected chi connectivity index (χ2v) is 8.53. The van der Waals surface area contributed by atoms with Crippen molar-refractivity contribution in [3.05, 3.63) is 34.2 Å². The third kappa shape index (κ3) is 4.17. The van der Waals surface area contributed by atoms with E-state index in [1.807, 2.05) is 18.2 Å². The van der Waals surface area contributed by atoms with Crippen LogP contribution in [0.3, 0.4) is 0 Å². The van der Waals surface area contributed by atoms with Crippen molar-refractivity contribution in [1.29, 1.82) is 0 Å². The number of hydrogen-bond donors (Lipinski definition) is 2. The van der Waals surface area contributed by atoms with Crippen LogP contribution in [0, 0.1) is 0 Å². The number of benzene rings is 1. The van der Waals surface area contributed by atoms with E-state index in [4.69, 9.17) is 4.74 Å². The second-order valence-electron chi connectivity index (χ2n) is 8.53. The van der Waals surface area contributed by atoms with Crippen molar-refractivity contribution in [2.75, 3.05) is 26.3 Å². The molecule has 2 heterocycles. The summed E-state index contributed by atoms with van der Waals surface area (Å²) in [6.45, 7) is 3.09. The predicted octanol–water partition coefficient (Wildman–Crippen LogP) is 0.540. The Balaban J connectivity index is 1.34. The number of aromatic nitrogens is 2. The Hall–Kier alpha value is -2.16. The zero-order valence-electron chi connectivity index (χ0n) is 17.8. The number of nitrogens with one attached hydrogen (secondary N) is 1. The van der Waals surface area contributed by atoms with Gasteiger partial charge in [0.1, 0.15) is 0 Å². The zero-order valence-corrected chi connectivity index (χ0v) is 17.8. The number of hydrogen-bond acceptors (Lipinski definition) is 5. The summed E-state index contributed by atoms with van der Waals surface area (Å²) in [6.07, 6.45) is 3.19. The van der Waals surface area contributed by atoms with E-state index in [-0.39, 0.29) is 23.7 Å². The van der Waals surface area contributed by atoms with Gasteiger partial charge in [-0.15, -0.1) is 0 Å². The Morgan fingerprint density at radius 1 is 1.17 bits per heavy atom. The number of aliphatic hydroxyl groups excluding tert-OH is 1. The largest absolute Gasteiger partial charge is 0.389 e. The summed E-state index contributed by atoms with van der Waals surface area (Å²) in [5.41, 5.74) is 2.72. The number of carbonyl (C=O) groups is 1. The van der Waals surface area contributed by atoms with Gasteiger partial charge in [-0.05, 0) is 43.4 Å². The molecule has 164 valence electrons. The van der Waals surface area contributed by atoms with Gasteiger partial charge in [0.2, 0.25) is 5.91 Å². The molecule has 0 spiro atoms. The molecule has 4 rings (SSSR count). The highest BCUT2D eigenvalue weighted by Crippen LogP contribution is 2.25. The number of morpholine rings is 1. The lowest BCUT2D eigenvalue weighted by Crippen LogP contribution is -2.58. The van der Waals surface area contributed by atoms with Gasteiger partial charge in [0.25, 0.3) is 0 Å². The number of carbonyl (C=O) groups excluding carboxylic acids is 1. The number of rotatable bonds is 5. The number of imidazole rings is 1. The number of aliphatic hydroxyl groups is 1. The standard InChI is InChI=1S/C22H32N4O4/c1-24-17-8-6-15(14-19(17)25(2)22(24)29)7-9-20(27)23-16-4-3-5-18(21(16)28)26-10-12-30-13-11-26/h6,8,14,16,18,21,28H,3-5,7,9-13H2,1-2H3,(H,23,27)/t16-,18-,21-/m1/s1. The molecule has 8 heteroatoms. The summed E-state index contributed by atoms with van der Waals surface area (Å²) in [5.74, 6) is -0.0382. The van der Waals surface area contributed by atoms with Crippen LogP contribution in [0.1, 0.15) is 31.2 Å². The Morgan fingerprint density at radius 3 is 2.67 bits per heavy atom. The molecule has 0 unspecified atom stereocenters. The van der Waals surface area contributed by atoms with Crippen molar-refractivity contribution in [3.8, 4) is 0 Å². The molecule has 1 aliphatic heterocycles. The summed E-state index contributed by atoms with van der Waals surface area (Å²) in [5, 5.41) is 13.9. The molecule has 0 bridgehead atoms. The molecule has 1 aliphatic carbocycles. The molecule has 2 N–H and O–H groups in total. The SMILES string of the molecule is Cn1c(=O)n(C)c2cc(CCC(=O)N[C@@H]3CCC[C@@H](N4CCOCC4)[C@@H]3O)ccc21. The van der Waals surface area contributed by atoms with Crippen LogP contribution in [0.25, 0.3) is 11.0 Å². The minimum atomic E-state index is -0.545. The van der Waals surface area contributed by atoms with E-state index >= 15 is 0 Å². The average Bonchev–Trinajstić information content (AvgIpc) is 2.98. The highest BCUT2D eigenvalue weighted by molar-refractivity contribution is 5.78. The normalized spacial score (nSPS) is 25.5. The molecule has 1 saturated carbocycles. The molecule has 0 radical (unpaired) electrons. The van der Waals surface area contributed by atoms with Crippen molar-refractivity contribution in [2.24, 2.45) is 14.1 Å². The number of amides is 1. The van der Waals surface area contributed by atoms with E-state index in [1.165, 1.54) is 0 Å². The fourth-order valence-electron chi connectivity index (χ4n) is 4.87.